The van der Waals surface area contributed by atoms with Gasteiger partial charge in [0.25, 0.3) is 5.91 Å². The SMILES string of the molecule is Cc1cc(C(=O)N(C)Cc2ccoc2)ccc1C#CCO. The Morgan fingerprint density at radius 3 is 2.81 bits per heavy atom. The second-order valence-electron chi connectivity index (χ2n) is 4.78. The molecule has 0 saturated heterocycles. The summed E-state index contributed by atoms with van der Waals surface area (Å²) < 4.78 is 5.00. The van der Waals surface area contributed by atoms with Crippen molar-refractivity contribution in [1.29, 1.82) is 0 Å². The van der Waals surface area contributed by atoms with Gasteiger partial charge < -0.3 is 14.4 Å². The van der Waals surface area contributed by atoms with Gasteiger partial charge in [0, 0.05) is 30.3 Å². The van der Waals surface area contributed by atoms with Crippen molar-refractivity contribution in [3.05, 3.63) is 59.0 Å². The first-order chi connectivity index (χ1) is 10.1. The minimum atomic E-state index is -0.173. The summed E-state index contributed by atoms with van der Waals surface area (Å²) in [6.45, 7) is 2.22. The van der Waals surface area contributed by atoms with E-state index in [1.165, 1.54) is 0 Å². The van der Waals surface area contributed by atoms with Gasteiger partial charge in [0.15, 0.2) is 0 Å². The number of aliphatic hydroxyl groups excluding tert-OH is 1. The van der Waals surface area contributed by atoms with Crippen molar-refractivity contribution in [3.8, 4) is 11.8 Å². The molecule has 1 N–H and O–H groups in total. The number of hydrogen-bond donors (Lipinski definition) is 1. The number of aryl methyl sites for hydroxylation is 1. The van der Waals surface area contributed by atoms with E-state index < -0.39 is 0 Å². The third-order valence-electron chi connectivity index (χ3n) is 3.12. The molecule has 1 amide bonds. The molecule has 0 atom stereocenters. The summed E-state index contributed by atoms with van der Waals surface area (Å²) in [7, 11) is 1.75. The van der Waals surface area contributed by atoms with Crippen molar-refractivity contribution in [1.82, 2.24) is 4.90 Å². The number of nitrogens with zero attached hydrogens (tertiary/aromatic N) is 1. The molecule has 2 aromatic rings. The van der Waals surface area contributed by atoms with E-state index in [1.807, 2.05) is 19.1 Å². The number of carbonyl (C=O) groups excluding carboxylic acids is 1. The van der Waals surface area contributed by atoms with Crippen molar-refractivity contribution in [2.24, 2.45) is 0 Å². The predicted octanol–water partition coefficient (Wildman–Crippen LogP) is 2.20. The van der Waals surface area contributed by atoms with Crippen LogP contribution in [0.3, 0.4) is 0 Å². The van der Waals surface area contributed by atoms with Crippen LogP contribution in [0.25, 0.3) is 0 Å². The zero-order valence-corrected chi connectivity index (χ0v) is 12.1. The van der Waals surface area contributed by atoms with Crippen molar-refractivity contribution >= 4 is 5.91 Å². The smallest absolute Gasteiger partial charge is 0.253 e. The second-order valence-corrected chi connectivity index (χ2v) is 4.78. The number of aliphatic hydroxyl groups is 1. The van der Waals surface area contributed by atoms with Crippen LogP contribution in [0.2, 0.25) is 0 Å². The van der Waals surface area contributed by atoms with Gasteiger partial charge >= 0.3 is 0 Å². The van der Waals surface area contributed by atoms with Gasteiger partial charge in [0.05, 0.1) is 12.5 Å². The second kappa shape index (κ2) is 6.78. The summed E-state index contributed by atoms with van der Waals surface area (Å²) in [5.74, 6) is 5.41. The minimum absolute atomic E-state index is 0.0547. The van der Waals surface area contributed by atoms with Gasteiger partial charge in [-0.3, -0.25) is 4.79 Å². The summed E-state index contributed by atoms with van der Waals surface area (Å²) in [6, 6.07) is 7.21. The van der Waals surface area contributed by atoms with Crippen LogP contribution >= 0.6 is 0 Å². The maximum absolute atomic E-state index is 12.4. The Kier molecular flexibility index (Phi) is 4.81. The third-order valence-corrected chi connectivity index (χ3v) is 3.12. The molecule has 0 fully saturated rings. The molecule has 0 aliphatic heterocycles. The molecule has 4 nitrogen and oxygen atoms in total. The molecule has 0 spiro atoms. The van der Waals surface area contributed by atoms with E-state index >= 15 is 0 Å². The average molecular weight is 283 g/mol. The lowest BCUT2D eigenvalue weighted by Gasteiger charge is -2.16. The summed E-state index contributed by atoms with van der Waals surface area (Å²) in [5.41, 5.74) is 3.30. The van der Waals surface area contributed by atoms with E-state index in [1.54, 1.807) is 36.6 Å². The van der Waals surface area contributed by atoms with Crippen molar-refractivity contribution in [2.45, 2.75) is 13.5 Å². The Morgan fingerprint density at radius 1 is 1.38 bits per heavy atom. The van der Waals surface area contributed by atoms with E-state index in [0.717, 1.165) is 16.7 Å². The van der Waals surface area contributed by atoms with Crippen LogP contribution in [0.4, 0.5) is 0 Å². The monoisotopic (exact) mass is 283 g/mol. The molecule has 0 saturated carbocycles. The van der Waals surface area contributed by atoms with Crippen LogP contribution in [0, 0.1) is 18.8 Å². The fourth-order valence-electron chi connectivity index (χ4n) is 2.02. The summed E-state index contributed by atoms with van der Waals surface area (Å²) in [5, 5.41) is 8.71. The Labute approximate surface area is 124 Å². The summed E-state index contributed by atoms with van der Waals surface area (Å²) in [4.78, 5) is 14.0. The predicted molar refractivity (Wildman–Crippen MR) is 79.6 cm³/mol. The van der Waals surface area contributed by atoms with Crippen LogP contribution in [0.5, 0.6) is 0 Å². The standard InChI is InChI=1S/C17H17NO3/c1-13-10-16(6-5-15(13)4-3-8-19)17(20)18(2)11-14-7-9-21-12-14/h5-7,9-10,12,19H,8,11H2,1-2H3. The average Bonchev–Trinajstić information content (AvgIpc) is 2.98. The van der Waals surface area contributed by atoms with Gasteiger partial charge in [0.2, 0.25) is 0 Å². The van der Waals surface area contributed by atoms with E-state index in [2.05, 4.69) is 11.8 Å². The summed E-state index contributed by atoms with van der Waals surface area (Å²) in [6.07, 6.45) is 3.22. The highest BCUT2D eigenvalue weighted by Gasteiger charge is 2.13. The van der Waals surface area contributed by atoms with Gasteiger partial charge in [-0.25, -0.2) is 0 Å². The highest BCUT2D eigenvalue weighted by Crippen LogP contribution is 2.13. The zero-order valence-electron chi connectivity index (χ0n) is 12.1. The Morgan fingerprint density at radius 2 is 2.19 bits per heavy atom. The molecule has 0 unspecified atom stereocenters. The fraction of sp³-hybridized carbons (Fsp3) is 0.235. The molecule has 0 aliphatic carbocycles. The molecule has 0 aliphatic rings. The molecule has 4 heteroatoms. The normalized spacial score (nSPS) is 9.86. The molecule has 108 valence electrons. The Hall–Kier alpha value is -2.51. The number of hydrogen-bond acceptors (Lipinski definition) is 3. The Bertz CT molecular complexity index is 678. The highest BCUT2D eigenvalue weighted by atomic mass is 16.3. The highest BCUT2D eigenvalue weighted by molar-refractivity contribution is 5.94. The van der Waals surface area contributed by atoms with Gasteiger partial charge in [-0.05, 0) is 36.8 Å². The van der Waals surface area contributed by atoms with Crippen LogP contribution in [-0.2, 0) is 6.54 Å². The lowest BCUT2D eigenvalue weighted by atomic mass is 10.0. The van der Waals surface area contributed by atoms with Crippen LogP contribution in [0.1, 0.15) is 27.0 Å². The van der Waals surface area contributed by atoms with E-state index in [0.29, 0.717) is 12.1 Å². The van der Waals surface area contributed by atoms with E-state index in [9.17, 15) is 4.79 Å². The quantitative estimate of drug-likeness (QED) is 0.879. The molecule has 1 aromatic heterocycles. The first-order valence-electron chi connectivity index (χ1n) is 6.58. The third kappa shape index (κ3) is 3.74. The number of carbonyl (C=O) groups is 1. The number of benzene rings is 1. The van der Waals surface area contributed by atoms with Gasteiger partial charge in [-0.1, -0.05) is 11.8 Å². The number of furan rings is 1. The zero-order chi connectivity index (χ0) is 15.2. The summed E-state index contributed by atoms with van der Waals surface area (Å²) >= 11 is 0. The van der Waals surface area contributed by atoms with Crippen LogP contribution in [-0.4, -0.2) is 29.6 Å². The lowest BCUT2D eigenvalue weighted by Crippen LogP contribution is -2.26. The fourth-order valence-corrected chi connectivity index (χ4v) is 2.02. The molecule has 0 bridgehead atoms. The maximum atomic E-state index is 12.4. The Balaban J connectivity index is 2.14. The van der Waals surface area contributed by atoms with Crippen molar-refractivity contribution in [2.75, 3.05) is 13.7 Å². The molecular formula is C17H17NO3. The number of rotatable bonds is 3. The minimum Gasteiger partial charge on any atom is -0.472 e. The molecular weight excluding hydrogens is 266 g/mol. The van der Waals surface area contributed by atoms with Gasteiger partial charge in [-0.15, -0.1) is 0 Å². The molecule has 1 heterocycles. The van der Waals surface area contributed by atoms with E-state index in [-0.39, 0.29) is 12.5 Å². The maximum Gasteiger partial charge on any atom is 0.253 e. The lowest BCUT2D eigenvalue weighted by molar-refractivity contribution is 0.0785. The molecule has 1 aromatic carbocycles. The van der Waals surface area contributed by atoms with Crippen molar-refractivity contribution < 1.29 is 14.3 Å². The molecule has 2 rings (SSSR count). The van der Waals surface area contributed by atoms with E-state index in [4.69, 9.17) is 9.52 Å². The number of amides is 1. The largest absolute Gasteiger partial charge is 0.472 e. The first-order valence-corrected chi connectivity index (χ1v) is 6.58. The van der Waals surface area contributed by atoms with Gasteiger partial charge in [0.1, 0.15) is 6.61 Å². The molecule has 21 heavy (non-hydrogen) atoms. The van der Waals surface area contributed by atoms with Crippen molar-refractivity contribution in [3.63, 3.8) is 0 Å². The van der Waals surface area contributed by atoms with Gasteiger partial charge in [-0.2, -0.15) is 0 Å². The van der Waals surface area contributed by atoms with Crippen LogP contribution in [0.15, 0.2) is 41.2 Å². The first kappa shape index (κ1) is 14.9. The van der Waals surface area contributed by atoms with Crippen LogP contribution < -0.4 is 0 Å². The topological polar surface area (TPSA) is 53.7 Å². The molecule has 0 radical (unpaired) electrons.